The van der Waals surface area contributed by atoms with Crippen LogP contribution in [-0.4, -0.2) is 21.8 Å². The lowest BCUT2D eigenvalue weighted by atomic mass is 10.1. The lowest BCUT2D eigenvalue weighted by Gasteiger charge is -2.04. The highest BCUT2D eigenvalue weighted by atomic mass is 16.3. The average molecular weight is 270 g/mol. The number of phenols is 2. The van der Waals surface area contributed by atoms with Crippen LogP contribution in [-0.2, 0) is 0 Å². The van der Waals surface area contributed by atoms with E-state index in [0.717, 1.165) is 11.6 Å². The lowest BCUT2D eigenvalue weighted by molar-refractivity contribution is 0.0954. The summed E-state index contributed by atoms with van der Waals surface area (Å²) in [5.74, 6) is -0.871. The molecule has 2 aromatic carbocycles. The van der Waals surface area contributed by atoms with Gasteiger partial charge in [-0.25, -0.2) is 5.43 Å². The topological polar surface area (TPSA) is 81.9 Å². The van der Waals surface area contributed by atoms with Gasteiger partial charge in [-0.2, -0.15) is 5.10 Å². The first-order valence-electron chi connectivity index (χ1n) is 5.99. The highest BCUT2D eigenvalue weighted by Gasteiger charge is 2.08. The van der Waals surface area contributed by atoms with Crippen LogP contribution in [0, 0.1) is 0 Å². The number of hydrogen-bond acceptors (Lipinski definition) is 4. The van der Waals surface area contributed by atoms with Gasteiger partial charge in [-0.15, -0.1) is 0 Å². The number of benzene rings is 2. The fourth-order valence-corrected chi connectivity index (χ4v) is 1.67. The van der Waals surface area contributed by atoms with E-state index in [0.29, 0.717) is 5.71 Å². The summed E-state index contributed by atoms with van der Waals surface area (Å²) >= 11 is 0. The van der Waals surface area contributed by atoms with E-state index in [1.165, 1.54) is 12.1 Å². The van der Waals surface area contributed by atoms with Gasteiger partial charge in [0.1, 0.15) is 11.5 Å². The molecule has 0 fully saturated rings. The number of carbonyl (C=O) groups is 1. The molecule has 0 radical (unpaired) electrons. The molecular weight excluding hydrogens is 256 g/mol. The summed E-state index contributed by atoms with van der Waals surface area (Å²) in [5, 5.41) is 22.6. The zero-order chi connectivity index (χ0) is 14.5. The fourth-order valence-electron chi connectivity index (χ4n) is 1.67. The Kier molecular flexibility index (Phi) is 4.00. The van der Waals surface area contributed by atoms with Crippen LogP contribution in [0.2, 0.25) is 0 Å². The third-order valence-electron chi connectivity index (χ3n) is 2.68. The monoisotopic (exact) mass is 270 g/mol. The number of amides is 1. The molecule has 0 spiro atoms. The largest absolute Gasteiger partial charge is 0.508 e. The van der Waals surface area contributed by atoms with Gasteiger partial charge in [0, 0.05) is 11.6 Å². The van der Waals surface area contributed by atoms with E-state index in [1.807, 2.05) is 30.3 Å². The van der Waals surface area contributed by atoms with Crippen molar-refractivity contribution in [3.63, 3.8) is 0 Å². The van der Waals surface area contributed by atoms with Crippen LogP contribution in [0.25, 0.3) is 0 Å². The van der Waals surface area contributed by atoms with Crippen LogP contribution in [0.4, 0.5) is 0 Å². The Morgan fingerprint density at radius 1 is 1.00 bits per heavy atom. The van der Waals surface area contributed by atoms with Gasteiger partial charge < -0.3 is 10.2 Å². The first-order chi connectivity index (χ1) is 9.56. The molecule has 0 aliphatic heterocycles. The molecule has 0 atom stereocenters. The Balaban J connectivity index is 2.12. The number of hydrogen-bond donors (Lipinski definition) is 3. The van der Waals surface area contributed by atoms with Crippen LogP contribution >= 0.6 is 0 Å². The van der Waals surface area contributed by atoms with Gasteiger partial charge >= 0.3 is 0 Å². The molecule has 0 aliphatic carbocycles. The molecule has 2 rings (SSSR count). The van der Waals surface area contributed by atoms with Crippen molar-refractivity contribution in [2.24, 2.45) is 5.10 Å². The lowest BCUT2D eigenvalue weighted by Crippen LogP contribution is -2.19. The van der Waals surface area contributed by atoms with Crippen molar-refractivity contribution < 1.29 is 15.0 Å². The second-order valence-corrected chi connectivity index (χ2v) is 4.24. The predicted molar refractivity (Wildman–Crippen MR) is 75.9 cm³/mol. The number of rotatable bonds is 3. The highest BCUT2D eigenvalue weighted by molar-refractivity contribution is 6.01. The number of phenolic OH excluding ortho intramolecular Hbond substituents is 2. The van der Waals surface area contributed by atoms with Crippen molar-refractivity contribution in [3.05, 3.63) is 59.7 Å². The number of carbonyl (C=O) groups excluding carboxylic acids is 1. The van der Waals surface area contributed by atoms with Gasteiger partial charge in [0.15, 0.2) is 0 Å². The van der Waals surface area contributed by atoms with Crippen molar-refractivity contribution in [2.75, 3.05) is 0 Å². The quantitative estimate of drug-likeness (QED) is 0.591. The molecule has 0 heterocycles. The van der Waals surface area contributed by atoms with Gasteiger partial charge in [-0.3, -0.25) is 4.79 Å². The molecule has 0 saturated heterocycles. The molecule has 102 valence electrons. The predicted octanol–water partition coefficient (Wildman–Crippen LogP) is 2.25. The van der Waals surface area contributed by atoms with Crippen molar-refractivity contribution in [1.82, 2.24) is 5.43 Å². The summed E-state index contributed by atoms with van der Waals surface area (Å²) in [6, 6.07) is 13.1. The Morgan fingerprint density at radius 2 is 1.60 bits per heavy atom. The third kappa shape index (κ3) is 3.35. The Bertz CT molecular complexity index is 631. The van der Waals surface area contributed by atoms with Gasteiger partial charge in [0.05, 0.1) is 5.71 Å². The maximum absolute atomic E-state index is 11.8. The van der Waals surface area contributed by atoms with Crippen LogP contribution < -0.4 is 5.43 Å². The van der Waals surface area contributed by atoms with Crippen molar-refractivity contribution in [2.45, 2.75) is 6.92 Å². The Labute approximate surface area is 116 Å². The van der Waals surface area contributed by atoms with Crippen LogP contribution in [0.1, 0.15) is 22.8 Å². The molecule has 0 aromatic heterocycles. The SMILES string of the molecule is CC(=NNC(=O)c1cc(O)cc(O)c1)c1ccccc1. The van der Waals surface area contributed by atoms with Crippen LogP contribution in [0.15, 0.2) is 53.6 Å². The molecule has 5 nitrogen and oxygen atoms in total. The zero-order valence-corrected chi connectivity index (χ0v) is 10.9. The normalized spacial score (nSPS) is 11.2. The number of hydrazone groups is 1. The van der Waals surface area contributed by atoms with E-state index in [2.05, 4.69) is 10.5 Å². The molecule has 0 saturated carbocycles. The van der Waals surface area contributed by atoms with E-state index in [9.17, 15) is 15.0 Å². The molecule has 3 N–H and O–H groups in total. The first-order valence-corrected chi connectivity index (χ1v) is 5.99. The average Bonchev–Trinajstić information content (AvgIpc) is 2.44. The maximum Gasteiger partial charge on any atom is 0.271 e. The number of nitrogens with one attached hydrogen (secondary N) is 1. The van der Waals surface area contributed by atoms with Gasteiger partial charge in [-0.1, -0.05) is 30.3 Å². The Morgan fingerprint density at radius 3 is 2.20 bits per heavy atom. The molecule has 5 heteroatoms. The minimum Gasteiger partial charge on any atom is -0.508 e. The summed E-state index contributed by atoms with van der Waals surface area (Å²) in [6.45, 7) is 1.77. The van der Waals surface area contributed by atoms with E-state index >= 15 is 0 Å². The fraction of sp³-hybridized carbons (Fsp3) is 0.0667. The second kappa shape index (κ2) is 5.88. The number of aromatic hydroxyl groups is 2. The van der Waals surface area contributed by atoms with E-state index in [-0.39, 0.29) is 17.1 Å². The summed E-state index contributed by atoms with van der Waals surface area (Å²) < 4.78 is 0. The third-order valence-corrected chi connectivity index (χ3v) is 2.68. The molecule has 2 aromatic rings. The molecule has 0 bridgehead atoms. The smallest absolute Gasteiger partial charge is 0.271 e. The standard InChI is InChI=1S/C15H14N2O3/c1-10(11-5-3-2-4-6-11)16-17-15(20)12-7-13(18)9-14(19)8-12/h2-9,18-19H,1H3,(H,17,20). The molecule has 1 amide bonds. The van der Waals surface area contributed by atoms with Crippen LogP contribution in [0.3, 0.4) is 0 Å². The maximum atomic E-state index is 11.8. The molecule has 0 unspecified atom stereocenters. The minimum absolute atomic E-state index is 0.132. The second-order valence-electron chi connectivity index (χ2n) is 4.24. The van der Waals surface area contributed by atoms with Crippen LogP contribution in [0.5, 0.6) is 11.5 Å². The van der Waals surface area contributed by atoms with Crippen molar-refractivity contribution in [1.29, 1.82) is 0 Å². The van der Waals surface area contributed by atoms with Crippen molar-refractivity contribution >= 4 is 11.6 Å². The summed E-state index contributed by atoms with van der Waals surface area (Å²) in [7, 11) is 0. The minimum atomic E-state index is -0.508. The van der Waals surface area contributed by atoms with Gasteiger partial charge in [0.2, 0.25) is 0 Å². The zero-order valence-electron chi connectivity index (χ0n) is 10.9. The highest BCUT2D eigenvalue weighted by Crippen LogP contribution is 2.20. The summed E-state index contributed by atoms with van der Waals surface area (Å²) in [4.78, 5) is 11.8. The summed E-state index contributed by atoms with van der Waals surface area (Å²) in [6.07, 6.45) is 0. The van der Waals surface area contributed by atoms with Gasteiger partial charge in [0.25, 0.3) is 5.91 Å². The van der Waals surface area contributed by atoms with Gasteiger partial charge in [-0.05, 0) is 24.6 Å². The van der Waals surface area contributed by atoms with E-state index in [4.69, 9.17) is 0 Å². The molecule has 0 aliphatic rings. The molecular formula is C15H14N2O3. The van der Waals surface area contributed by atoms with E-state index in [1.54, 1.807) is 6.92 Å². The summed E-state index contributed by atoms with van der Waals surface area (Å²) in [5.41, 5.74) is 4.06. The van der Waals surface area contributed by atoms with Crippen molar-refractivity contribution in [3.8, 4) is 11.5 Å². The first kappa shape index (κ1) is 13.6. The van der Waals surface area contributed by atoms with E-state index < -0.39 is 5.91 Å². The molecule has 20 heavy (non-hydrogen) atoms. The number of nitrogens with zero attached hydrogens (tertiary/aromatic N) is 1. The Hall–Kier alpha value is -2.82.